The molecule has 0 amide bonds. The molecule has 0 unspecified atom stereocenters. The second-order valence-corrected chi connectivity index (χ2v) is 2.69. The van der Waals surface area contributed by atoms with Crippen LogP contribution in [0.15, 0.2) is 0 Å². The van der Waals surface area contributed by atoms with Gasteiger partial charge in [-0.2, -0.15) is 0 Å². The van der Waals surface area contributed by atoms with Crippen molar-refractivity contribution in [2.75, 3.05) is 0 Å². The summed E-state index contributed by atoms with van der Waals surface area (Å²) in [5.74, 6) is -1.91. The second-order valence-electron chi connectivity index (χ2n) is 2.03. The van der Waals surface area contributed by atoms with Crippen LogP contribution in [0.3, 0.4) is 0 Å². The van der Waals surface area contributed by atoms with Crippen molar-refractivity contribution < 1.29 is 19.4 Å². The lowest BCUT2D eigenvalue weighted by molar-refractivity contribution is -0.162. The maximum atomic E-state index is 10.6. The molecule has 5 heteroatoms. The summed E-state index contributed by atoms with van der Waals surface area (Å²) in [6, 6.07) is 0. The molecule has 0 saturated carbocycles. The summed E-state index contributed by atoms with van der Waals surface area (Å²) < 4.78 is 4.40. The van der Waals surface area contributed by atoms with Crippen LogP contribution >= 0.6 is 11.6 Å². The van der Waals surface area contributed by atoms with Crippen LogP contribution in [-0.2, 0) is 14.3 Å². The standard InChI is InChI=1S/C6H9ClO4/c1-3(7)6(10)11-4(2)5(8)9/h3-4H,1-2H3,(H,8,9)/t3-,4+/m1/s1. The first-order valence-electron chi connectivity index (χ1n) is 3.02. The lowest BCUT2D eigenvalue weighted by Crippen LogP contribution is -2.27. The summed E-state index contributed by atoms with van der Waals surface area (Å²) in [6.45, 7) is 2.68. The second kappa shape index (κ2) is 4.18. The van der Waals surface area contributed by atoms with Gasteiger partial charge in [-0.1, -0.05) is 0 Å². The SMILES string of the molecule is C[C@H](OC(=O)[C@@H](C)Cl)C(=O)O. The predicted octanol–water partition coefficient (Wildman–Crippen LogP) is 0.630. The van der Waals surface area contributed by atoms with E-state index in [1.165, 1.54) is 13.8 Å². The number of rotatable bonds is 3. The minimum Gasteiger partial charge on any atom is -0.479 e. The number of ether oxygens (including phenoxy) is 1. The lowest BCUT2D eigenvalue weighted by atomic mass is 10.4. The fraction of sp³-hybridized carbons (Fsp3) is 0.667. The van der Waals surface area contributed by atoms with Gasteiger partial charge in [-0.25, -0.2) is 4.79 Å². The average Bonchev–Trinajstić information content (AvgIpc) is 1.87. The summed E-state index contributed by atoms with van der Waals surface area (Å²) >= 11 is 5.31. The fourth-order valence-corrected chi connectivity index (χ4v) is 0.370. The van der Waals surface area contributed by atoms with E-state index in [-0.39, 0.29) is 0 Å². The van der Waals surface area contributed by atoms with E-state index in [1.54, 1.807) is 0 Å². The van der Waals surface area contributed by atoms with Gasteiger partial charge in [0.25, 0.3) is 0 Å². The molecule has 0 aliphatic heterocycles. The van der Waals surface area contributed by atoms with Gasteiger partial charge in [0, 0.05) is 0 Å². The number of carbonyl (C=O) groups excluding carboxylic acids is 1. The molecule has 0 rings (SSSR count). The van der Waals surface area contributed by atoms with Crippen molar-refractivity contribution in [2.24, 2.45) is 0 Å². The lowest BCUT2D eigenvalue weighted by Gasteiger charge is -2.08. The third-order valence-electron chi connectivity index (χ3n) is 0.965. The zero-order valence-electron chi connectivity index (χ0n) is 6.20. The summed E-state index contributed by atoms with van der Waals surface area (Å²) in [4.78, 5) is 20.8. The van der Waals surface area contributed by atoms with Crippen LogP contribution in [0, 0.1) is 0 Å². The quantitative estimate of drug-likeness (QED) is 0.511. The molecule has 0 aromatic rings. The van der Waals surface area contributed by atoms with Gasteiger partial charge in [-0.15, -0.1) is 11.6 Å². The van der Waals surface area contributed by atoms with Gasteiger partial charge in [0.2, 0.25) is 0 Å². The highest BCUT2D eigenvalue weighted by molar-refractivity contribution is 6.29. The third-order valence-corrected chi connectivity index (χ3v) is 1.14. The minimum absolute atomic E-state index is 0.721. The topological polar surface area (TPSA) is 63.6 Å². The summed E-state index contributed by atoms with van der Waals surface area (Å²) in [5, 5.41) is 7.48. The van der Waals surface area contributed by atoms with Gasteiger partial charge in [0.05, 0.1) is 0 Å². The zero-order chi connectivity index (χ0) is 9.02. The molecule has 0 heterocycles. The van der Waals surface area contributed by atoms with Gasteiger partial charge < -0.3 is 9.84 Å². The number of hydrogen-bond acceptors (Lipinski definition) is 3. The predicted molar refractivity (Wildman–Crippen MR) is 38.5 cm³/mol. The molecular weight excluding hydrogens is 172 g/mol. The van der Waals surface area contributed by atoms with E-state index in [2.05, 4.69) is 4.74 Å². The molecule has 0 saturated heterocycles. The average molecular weight is 181 g/mol. The molecule has 0 spiro atoms. The first-order valence-corrected chi connectivity index (χ1v) is 3.46. The van der Waals surface area contributed by atoms with Gasteiger partial charge in [0.1, 0.15) is 5.38 Å². The van der Waals surface area contributed by atoms with E-state index in [0.29, 0.717) is 0 Å². The highest BCUT2D eigenvalue weighted by Gasteiger charge is 2.19. The molecule has 0 radical (unpaired) electrons. The van der Waals surface area contributed by atoms with Crippen molar-refractivity contribution >= 4 is 23.5 Å². The van der Waals surface area contributed by atoms with E-state index >= 15 is 0 Å². The van der Waals surface area contributed by atoms with E-state index in [4.69, 9.17) is 16.7 Å². The molecule has 0 aromatic carbocycles. The zero-order valence-corrected chi connectivity index (χ0v) is 6.96. The Kier molecular flexibility index (Phi) is 3.89. The van der Waals surface area contributed by atoms with E-state index < -0.39 is 23.4 Å². The van der Waals surface area contributed by atoms with Crippen LogP contribution in [0.25, 0.3) is 0 Å². The van der Waals surface area contributed by atoms with Crippen molar-refractivity contribution in [1.82, 2.24) is 0 Å². The normalized spacial score (nSPS) is 15.2. The van der Waals surface area contributed by atoms with Crippen LogP contribution in [0.4, 0.5) is 0 Å². The fourth-order valence-electron chi connectivity index (χ4n) is 0.318. The molecule has 4 nitrogen and oxygen atoms in total. The van der Waals surface area contributed by atoms with Crippen LogP contribution in [-0.4, -0.2) is 28.5 Å². The molecular formula is C6H9ClO4. The van der Waals surface area contributed by atoms with Crippen molar-refractivity contribution in [3.63, 3.8) is 0 Å². The number of hydrogen-bond donors (Lipinski definition) is 1. The van der Waals surface area contributed by atoms with Crippen LogP contribution in [0.2, 0.25) is 0 Å². The molecule has 1 N–H and O–H groups in total. The van der Waals surface area contributed by atoms with Gasteiger partial charge in [-0.05, 0) is 13.8 Å². The number of alkyl halides is 1. The van der Waals surface area contributed by atoms with Crippen molar-refractivity contribution in [3.05, 3.63) is 0 Å². The van der Waals surface area contributed by atoms with Crippen LogP contribution in [0.1, 0.15) is 13.8 Å². The number of carboxylic acid groups (broad SMARTS) is 1. The summed E-state index contributed by atoms with van der Waals surface area (Å²) in [6.07, 6.45) is -1.14. The molecule has 0 aromatic heterocycles. The number of carbonyl (C=O) groups is 2. The highest BCUT2D eigenvalue weighted by Crippen LogP contribution is 2.00. The van der Waals surface area contributed by atoms with Gasteiger partial charge in [0.15, 0.2) is 6.10 Å². The summed E-state index contributed by atoms with van der Waals surface area (Å²) in [7, 11) is 0. The Morgan fingerprint density at radius 2 is 1.91 bits per heavy atom. The first kappa shape index (κ1) is 10.2. The Balaban J connectivity index is 3.85. The van der Waals surface area contributed by atoms with Crippen molar-refractivity contribution in [2.45, 2.75) is 25.3 Å². The molecule has 0 bridgehead atoms. The maximum absolute atomic E-state index is 10.6. The monoisotopic (exact) mass is 180 g/mol. The Bertz CT molecular complexity index is 166. The molecule has 2 atom stereocenters. The highest BCUT2D eigenvalue weighted by atomic mass is 35.5. The third kappa shape index (κ3) is 3.83. The Hall–Kier alpha value is -0.770. The van der Waals surface area contributed by atoms with Crippen molar-refractivity contribution in [1.29, 1.82) is 0 Å². The van der Waals surface area contributed by atoms with Crippen LogP contribution in [0.5, 0.6) is 0 Å². The molecule has 64 valence electrons. The largest absolute Gasteiger partial charge is 0.479 e. The maximum Gasteiger partial charge on any atom is 0.344 e. The number of esters is 1. The molecule has 0 aliphatic rings. The van der Waals surface area contributed by atoms with E-state index in [1.807, 2.05) is 0 Å². The Labute approximate surface area is 69.1 Å². The molecule has 0 fully saturated rings. The summed E-state index contributed by atoms with van der Waals surface area (Å²) in [5.41, 5.74) is 0. The Morgan fingerprint density at radius 3 is 2.18 bits per heavy atom. The van der Waals surface area contributed by atoms with Gasteiger partial charge >= 0.3 is 11.9 Å². The number of halogens is 1. The molecule has 0 aliphatic carbocycles. The van der Waals surface area contributed by atoms with Crippen LogP contribution < -0.4 is 0 Å². The number of carboxylic acids is 1. The first-order chi connectivity index (χ1) is 4.95. The van der Waals surface area contributed by atoms with E-state index in [9.17, 15) is 9.59 Å². The number of aliphatic carboxylic acids is 1. The smallest absolute Gasteiger partial charge is 0.344 e. The van der Waals surface area contributed by atoms with E-state index in [0.717, 1.165) is 0 Å². The molecule has 11 heavy (non-hydrogen) atoms. The van der Waals surface area contributed by atoms with Crippen molar-refractivity contribution in [3.8, 4) is 0 Å². The van der Waals surface area contributed by atoms with Gasteiger partial charge in [-0.3, -0.25) is 4.79 Å². The Morgan fingerprint density at radius 1 is 1.45 bits per heavy atom. The minimum atomic E-state index is -1.18.